The Kier molecular flexibility index (Phi) is 5.49. The Balaban J connectivity index is 1.99. The number of carboxylic acid groups (broad SMARTS) is 1. The Hall–Kier alpha value is -2.51. The van der Waals surface area contributed by atoms with Crippen molar-refractivity contribution >= 4 is 16.7 Å². The molecule has 4 nitrogen and oxygen atoms in total. The fourth-order valence-corrected chi connectivity index (χ4v) is 2.99. The number of unbranched alkanes of at least 4 members (excludes halogenated alkanes) is 1. The molecule has 0 spiro atoms. The summed E-state index contributed by atoms with van der Waals surface area (Å²) in [5.41, 5.74) is 1.94. The minimum atomic E-state index is -1.17. The molecule has 1 aliphatic rings. The van der Waals surface area contributed by atoms with Gasteiger partial charge in [0.2, 0.25) is 0 Å². The van der Waals surface area contributed by atoms with Crippen molar-refractivity contribution in [1.29, 1.82) is 0 Å². The molecule has 2 aromatic rings. The first-order valence-corrected chi connectivity index (χ1v) is 9.13. The molecule has 3 rings (SSSR count). The molecule has 1 atom stereocenters. The molecule has 1 fully saturated rings. The second-order valence-electron chi connectivity index (χ2n) is 6.88. The van der Waals surface area contributed by atoms with E-state index in [-0.39, 0.29) is 5.75 Å². The molecule has 0 bridgehead atoms. The highest BCUT2D eigenvalue weighted by Crippen LogP contribution is 2.37. The minimum Gasteiger partial charge on any atom is -0.507 e. The van der Waals surface area contributed by atoms with E-state index in [9.17, 15) is 15.0 Å². The zero-order chi connectivity index (χ0) is 18.7. The third-order valence-electron chi connectivity index (χ3n) is 4.63. The van der Waals surface area contributed by atoms with Gasteiger partial charge in [0.25, 0.3) is 0 Å². The molecule has 2 N–H and O–H groups in total. The molecular formula is C22H24O4. The molecule has 1 saturated carbocycles. The number of aryl methyl sites for hydroxylation is 1. The molecule has 0 amide bonds. The Bertz CT molecular complexity index is 884. The van der Waals surface area contributed by atoms with E-state index in [1.807, 2.05) is 25.1 Å². The normalized spacial score (nSPS) is 14.7. The van der Waals surface area contributed by atoms with Gasteiger partial charge in [0.05, 0.1) is 0 Å². The first-order valence-electron chi connectivity index (χ1n) is 9.13. The largest absolute Gasteiger partial charge is 0.507 e. The maximum Gasteiger partial charge on any atom is 0.337 e. The van der Waals surface area contributed by atoms with E-state index >= 15 is 0 Å². The summed E-state index contributed by atoms with van der Waals surface area (Å²) in [6, 6.07) is 7.50. The van der Waals surface area contributed by atoms with Crippen LogP contribution in [-0.2, 0) is 9.53 Å². The number of benzene rings is 2. The van der Waals surface area contributed by atoms with Gasteiger partial charge in [-0.1, -0.05) is 31.3 Å². The summed E-state index contributed by atoms with van der Waals surface area (Å²) < 4.78 is 5.55. The minimum absolute atomic E-state index is 0.0226. The Morgan fingerprint density at radius 3 is 2.77 bits per heavy atom. The van der Waals surface area contributed by atoms with Crippen molar-refractivity contribution in [2.45, 2.75) is 45.6 Å². The standard InChI is InChI=1S/C22H24O4/c1-3-4-11-26-21(22(24)25)19-14(2)12-17-13-16(8-7-15-5-6-15)9-10-18(17)20(19)23/h9-10,12-13,15,21,23H,3-6,11H2,1-2H3,(H,24,25). The van der Waals surface area contributed by atoms with Crippen LogP contribution >= 0.6 is 0 Å². The number of carboxylic acids is 1. The van der Waals surface area contributed by atoms with Crippen LogP contribution in [0, 0.1) is 24.7 Å². The van der Waals surface area contributed by atoms with E-state index in [0.29, 0.717) is 29.0 Å². The molecule has 0 heterocycles. The van der Waals surface area contributed by atoms with Gasteiger partial charge >= 0.3 is 5.97 Å². The predicted molar refractivity (Wildman–Crippen MR) is 101 cm³/mol. The molecule has 0 aliphatic heterocycles. The van der Waals surface area contributed by atoms with Gasteiger partial charge < -0.3 is 14.9 Å². The van der Waals surface area contributed by atoms with Crippen molar-refractivity contribution < 1.29 is 19.7 Å². The van der Waals surface area contributed by atoms with Crippen LogP contribution in [0.15, 0.2) is 24.3 Å². The number of hydrogen-bond donors (Lipinski definition) is 2. The van der Waals surface area contributed by atoms with E-state index in [0.717, 1.165) is 23.8 Å². The van der Waals surface area contributed by atoms with Crippen LogP contribution in [0.1, 0.15) is 55.4 Å². The van der Waals surface area contributed by atoms with Gasteiger partial charge in [-0.3, -0.25) is 0 Å². The van der Waals surface area contributed by atoms with Gasteiger partial charge in [0.15, 0.2) is 6.10 Å². The molecule has 1 aliphatic carbocycles. The van der Waals surface area contributed by atoms with E-state index < -0.39 is 12.1 Å². The van der Waals surface area contributed by atoms with Crippen molar-refractivity contribution in [2.24, 2.45) is 5.92 Å². The Morgan fingerprint density at radius 1 is 1.35 bits per heavy atom. The van der Waals surface area contributed by atoms with Gasteiger partial charge in [0, 0.05) is 29.0 Å². The summed E-state index contributed by atoms with van der Waals surface area (Å²) in [5, 5.41) is 21.8. The van der Waals surface area contributed by atoms with E-state index in [1.54, 1.807) is 13.0 Å². The first-order chi connectivity index (χ1) is 12.5. The van der Waals surface area contributed by atoms with Crippen LogP contribution in [0.5, 0.6) is 5.75 Å². The highest BCUT2D eigenvalue weighted by Gasteiger charge is 2.27. The number of ether oxygens (including phenoxy) is 1. The van der Waals surface area contributed by atoms with Gasteiger partial charge in [-0.15, -0.1) is 0 Å². The van der Waals surface area contributed by atoms with Gasteiger partial charge in [0.1, 0.15) is 5.75 Å². The van der Waals surface area contributed by atoms with Gasteiger partial charge in [-0.2, -0.15) is 0 Å². The number of carbonyl (C=O) groups is 1. The summed E-state index contributed by atoms with van der Waals surface area (Å²) in [5.74, 6) is 5.82. The van der Waals surface area contributed by atoms with Crippen molar-refractivity contribution in [3.05, 3.63) is 41.0 Å². The lowest BCUT2D eigenvalue weighted by atomic mass is 9.95. The average Bonchev–Trinajstić information content (AvgIpc) is 3.42. The van der Waals surface area contributed by atoms with Crippen LogP contribution in [-0.4, -0.2) is 22.8 Å². The van der Waals surface area contributed by atoms with E-state index in [1.165, 1.54) is 12.8 Å². The quantitative estimate of drug-likeness (QED) is 0.591. The highest BCUT2D eigenvalue weighted by molar-refractivity contribution is 5.93. The lowest BCUT2D eigenvalue weighted by molar-refractivity contribution is -0.151. The number of fused-ring (bicyclic) bond motifs is 1. The second kappa shape index (κ2) is 7.80. The SMILES string of the molecule is CCCCOC(C(=O)O)c1c(C)cc2cc(C#CC3CC3)ccc2c1O. The van der Waals surface area contributed by atoms with Crippen molar-refractivity contribution in [3.8, 4) is 17.6 Å². The molecule has 26 heavy (non-hydrogen) atoms. The lowest BCUT2D eigenvalue weighted by Gasteiger charge is -2.19. The second-order valence-corrected chi connectivity index (χ2v) is 6.88. The molecule has 136 valence electrons. The van der Waals surface area contributed by atoms with E-state index in [4.69, 9.17) is 4.74 Å². The fraction of sp³-hybridized carbons (Fsp3) is 0.409. The molecule has 0 saturated heterocycles. The fourth-order valence-electron chi connectivity index (χ4n) is 2.99. The molecule has 2 aromatic carbocycles. The number of phenolic OH excluding ortho intramolecular Hbond substituents is 1. The maximum atomic E-state index is 11.7. The van der Waals surface area contributed by atoms with Crippen molar-refractivity contribution in [2.75, 3.05) is 6.61 Å². The molecule has 4 heteroatoms. The summed E-state index contributed by atoms with van der Waals surface area (Å²) >= 11 is 0. The first kappa shape index (κ1) is 18.3. The molecule has 0 radical (unpaired) electrons. The molecular weight excluding hydrogens is 328 g/mol. The number of aromatic hydroxyl groups is 1. The summed E-state index contributed by atoms with van der Waals surface area (Å²) in [6.45, 7) is 4.16. The monoisotopic (exact) mass is 352 g/mol. The van der Waals surface area contributed by atoms with E-state index in [2.05, 4.69) is 11.8 Å². The lowest BCUT2D eigenvalue weighted by Crippen LogP contribution is -2.17. The van der Waals surface area contributed by atoms with Crippen LogP contribution in [0.25, 0.3) is 10.8 Å². The zero-order valence-electron chi connectivity index (χ0n) is 15.2. The number of phenols is 1. The Morgan fingerprint density at radius 2 is 2.12 bits per heavy atom. The number of hydrogen-bond acceptors (Lipinski definition) is 3. The highest BCUT2D eigenvalue weighted by atomic mass is 16.5. The predicted octanol–water partition coefficient (Wildman–Crippen LogP) is 4.56. The topological polar surface area (TPSA) is 66.8 Å². The van der Waals surface area contributed by atoms with Gasteiger partial charge in [-0.25, -0.2) is 4.79 Å². The molecule has 1 unspecified atom stereocenters. The Labute approximate surface area is 153 Å². The zero-order valence-corrected chi connectivity index (χ0v) is 15.2. The molecule has 0 aromatic heterocycles. The summed E-state index contributed by atoms with van der Waals surface area (Å²) in [4.78, 5) is 11.7. The third-order valence-corrected chi connectivity index (χ3v) is 4.63. The third kappa shape index (κ3) is 4.00. The summed E-state index contributed by atoms with van der Waals surface area (Å²) in [7, 11) is 0. The van der Waals surface area contributed by atoms with Crippen LogP contribution in [0.4, 0.5) is 0 Å². The van der Waals surface area contributed by atoms with Crippen LogP contribution in [0.3, 0.4) is 0 Å². The van der Waals surface area contributed by atoms with Crippen LogP contribution < -0.4 is 0 Å². The van der Waals surface area contributed by atoms with Gasteiger partial charge in [-0.05, 0) is 55.3 Å². The number of rotatable bonds is 6. The van der Waals surface area contributed by atoms with Crippen molar-refractivity contribution in [3.63, 3.8) is 0 Å². The summed E-state index contributed by atoms with van der Waals surface area (Å²) in [6.07, 6.45) is 2.89. The van der Waals surface area contributed by atoms with Crippen molar-refractivity contribution in [1.82, 2.24) is 0 Å². The smallest absolute Gasteiger partial charge is 0.337 e. The number of aliphatic carboxylic acids is 1. The average molecular weight is 352 g/mol. The maximum absolute atomic E-state index is 11.7. The van der Waals surface area contributed by atoms with Crippen LogP contribution in [0.2, 0.25) is 0 Å².